The minimum atomic E-state index is -1.11. The molecule has 10 heteroatoms. The monoisotopic (exact) mass is 359 g/mol. The number of ether oxygens (including phenoxy) is 1. The van der Waals surface area contributed by atoms with Crippen LogP contribution in [0.3, 0.4) is 0 Å². The maximum absolute atomic E-state index is 12.7. The molecule has 1 saturated heterocycles. The van der Waals surface area contributed by atoms with Gasteiger partial charge in [0.25, 0.3) is 11.8 Å². The van der Waals surface area contributed by atoms with Crippen molar-refractivity contribution in [2.24, 2.45) is 0 Å². The lowest BCUT2D eigenvalue weighted by molar-refractivity contribution is -0.136. The Morgan fingerprint density at radius 3 is 2.58 bits per heavy atom. The quantitative estimate of drug-likeness (QED) is 0.436. The predicted octanol–water partition coefficient (Wildman–Crippen LogP) is 0.183. The summed E-state index contributed by atoms with van der Waals surface area (Å²) in [4.78, 5) is 71.8. The first-order valence-electron chi connectivity index (χ1n) is 7.63. The van der Waals surface area contributed by atoms with Crippen LogP contribution in [-0.4, -0.2) is 46.6 Å². The second-order valence-electron chi connectivity index (χ2n) is 5.68. The van der Waals surface area contributed by atoms with E-state index in [9.17, 15) is 28.8 Å². The lowest BCUT2D eigenvalue weighted by Crippen LogP contribution is -2.54. The molecule has 5 amide bonds. The third-order valence-corrected chi connectivity index (χ3v) is 3.94. The highest BCUT2D eigenvalue weighted by Crippen LogP contribution is 2.32. The van der Waals surface area contributed by atoms with Gasteiger partial charge in [0.05, 0.1) is 16.8 Å². The van der Waals surface area contributed by atoms with Gasteiger partial charge >= 0.3 is 12.1 Å². The zero-order chi connectivity index (χ0) is 19.0. The lowest BCUT2D eigenvalue weighted by Gasteiger charge is -2.27. The first kappa shape index (κ1) is 17.3. The van der Waals surface area contributed by atoms with Gasteiger partial charge in [-0.25, -0.2) is 4.79 Å². The summed E-state index contributed by atoms with van der Waals surface area (Å²) in [6, 6.07) is 3.06. The summed E-state index contributed by atoms with van der Waals surface area (Å²) in [7, 11) is 0. The smallest absolute Gasteiger partial charge is 0.376 e. The van der Waals surface area contributed by atoms with Crippen LogP contribution in [0.1, 0.15) is 40.5 Å². The summed E-state index contributed by atoms with van der Waals surface area (Å²) in [6.07, 6.45) is -1.09. The van der Waals surface area contributed by atoms with E-state index in [-0.39, 0.29) is 29.7 Å². The van der Waals surface area contributed by atoms with Crippen molar-refractivity contribution in [2.45, 2.75) is 25.8 Å². The molecule has 3 rings (SSSR count). The number of benzene rings is 1. The van der Waals surface area contributed by atoms with Crippen LogP contribution in [0, 0.1) is 0 Å². The molecule has 2 aliphatic rings. The first-order chi connectivity index (χ1) is 12.3. The van der Waals surface area contributed by atoms with Crippen molar-refractivity contribution in [3.63, 3.8) is 0 Å². The molecule has 1 atom stereocenters. The highest BCUT2D eigenvalue weighted by Gasteiger charge is 2.45. The van der Waals surface area contributed by atoms with Gasteiger partial charge in [-0.3, -0.25) is 39.5 Å². The Kier molecular flexibility index (Phi) is 4.24. The van der Waals surface area contributed by atoms with Gasteiger partial charge in [0.2, 0.25) is 11.8 Å². The van der Waals surface area contributed by atoms with Crippen LogP contribution in [0.25, 0.3) is 0 Å². The van der Waals surface area contributed by atoms with Gasteiger partial charge in [-0.1, -0.05) is 6.07 Å². The van der Waals surface area contributed by atoms with E-state index in [2.05, 4.69) is 15.4 Å². The molecule has 0 aromatic heterocycles. The van der Waals surface area contributed by atoms with Crippen molar-refractivity contribution in [1.29, 1.82) is 0 Å². The summed E-state index contributed by atoms with van der Waals surface area (Å²) in [5, 5.41) is 4.32. The highest BCUT2D eigenvalue weighted by molar-refractivity contribution is 6.26. The largest absolute Gasteiger partial charge is 0.419 e. The van der Waals surface area contributed by atoms with Crippen LogP contribution in [-0.2, 0) is 19.1 Å². The number of esters is 1. The Morgan fingerprint density at radius 2 is 1.92 bits per heavy atom. The Labute approximate surface area is 146 Å². The average Bonchev–Trinajstić information content (AvgIpc) is 2.79. The second kappa shape index (κ2) is 6.39. The fourth-order valence-corrected chi connectivity index (χ4v) is 2.89. The normalized spacial score (nSPS) is 19.1. The molecule has 2 heterocycles. The van der Waals surface area contributed by atoms with Crippen LogP contribution in [0.2, 0.25) is 0 Å². The number of amides is 5. The molecule has 0 spiro atoms. The van der Waals surface area contributed by atoms with Crippen LogP contribution in [0.5, 0.6) is 0 Å². The highest BCUT2D eigenvalue weighted by atomic mass is 16.6. The molecule has 1 aromatic carbocycles. The molecule has 1 fully saturated rings. The number of hydrogen-bond donors (Lipinski definition) is 2. The van der Waals surface area contributed by atoms with E-state index < -0.39 is 41.7 Å². The van der Waals surface area contributed by atoms with Gasteiger partial charge in [-0.05, 0) is 18.6 Å². The van der Waals surface area contributed by atoms with Crippen molar-refractivity contribution >= 4 is 41.4 Å². The fourth-order valence-electron chi connectivity index (χ4n) is 2.89. The van der Waals surface area contributed by atoms with Crippen LogP contribution in [0.4, 0.5) is 10.5 Å². The molecule has 1 aromatic rings. The zero-order valence-corrected chi connectivity index (χ0v) is 13.5. The third-order valence-electron chi connectivity index (χ3n) is 3.94. The number of carbonyl (C=O) groups excluding carboxylic acids is 6. The van der Waals surface area contributed by atoms with Crippen molar-refractivity contribution in [3.8, 4) is 0 Å². The third kappa shape index (κ3) is 2.92. The van der Waals surface area contributed by atoms with E-state index in [1.54, 1.807) is 0 Å². The fraction of sp³-hybridized carbons (Fsp3) is 0.250. The van der Waals surface area contributed by atoms with Crippen molar-refractivity contribution < 1.29 is 33.5 Å². The predicted molar refractivity (Wildman–Crippen MR) is 83.9 cm³/mol. The van der Waals surface area contributed by atoms with E-state index in [0.29, 0.717) is 0 Å². The minimum absolute atomic E-state index is 0.000142. The van der Waals surface area contributed by atoms with E-state index in [4.69, 9.17) is 0 Å². The molecule has 0 saturated carbocycles. The number of anilines is 1. The van der Waals surface area contributed by atoms with Crippen molar-refractivity contribution in [3.05, 3.63) is 29.3 Å². The number of carbonyl (C=O) groups is 6. The lowest BCUT2D eigenvalue weighted by atomic mass is 10.0. The maximum atomic E-state index is 12.7. The van der Waals surface area contributed by atoms with E-state index >= 15 is 0 Å². The van der Waals surface area contributed by atoms with Crippen LogP contribution < -0.4 is 10.6 Å². The minimum Gasteiger partial charge on any atom is -0.376 e. The van der Waals surface area contributed by atoms with Gasteiger partial charge in [0, 0.05) is 13.3 Å². The molecular formula is C16H13N3O7. The maximum Gasteiger partial charge on any atom is 0.419 e. The molecule has 0 bridgehead atoms. The molecule has 134 valence electrons. The topological polar surface area (TPSA) is 139 Å². The molecule has 2 aliphatic heterocycles. The van der Waals surface area contributed by atoms with Crippen LogP contribution >= 0.6 is 0 Å². The Morgan fingerprint density at radius 1 is 1.19 bits per heavy atom. The Balaban J connectivity index is 1.91. The van der Waals surface area contributed by atoms with Crippen LogP contribution in [0.15, 0.2) is 18.2 Å². The SMILES string of the molecule is CC(=O)OC(=O)Nc1cccc2c1C(=O)N(C1CCC(=O)NC1=O)C2=O. The van der Waals surface area contributed by atoms with Gasteiger partial charge in [-0.2, -0.15) is 0 Å². The summed E-state index contributed by atoms with van der Waals surface area (Å²) in [5.74, 6) is -3.54. The first-order valence-corrected chi connectivity index (χ1v) is 7.63. The number of piperidine rings is 1. The number of nitrogens with one attached hydrogen (secondary N) is 2. The standard InChI is InChI=1S/C16H13N3O7/c1-7(20)26-16(25)17-9-4-2-3-8-12(9)15(24)19(14(8)23)10-5-6-11(21)18-13(10)22/h2-4,10H,5-6H2,1H3,(H,17,25)(H,18,21,22). The van der Waals surface area contributed by atoms with Gasteiger partial charge < -0.3 is 4.74 Å². The molecular weight excluding hydrogens is 346 g/mol. The number of nitrogens with zero attached hydrogens (tertiary/aromatic N) is 1. The number of fused-ring (bicyclic) bond motifs is 1. The van der Waals surface area contributed by atoms with Gasteiger partial charge in [0.15, 0.2) is 0 Å². The summed E-state index contributed by atoms with van der Waals surface area (Å²) >= 11 is 0. The molecule has 0 radical (unpaired) electrons. The zero-order valence-electron chi connectivity index (χ0n) is 13.5. The van der Waals surface area contributed by atoms with Gasteiger partial charge in [-0.15, -0.1) is 0 Å². The van der Waals surface area contributed by atoms with E-state index in [1.807, 2.05) is 0 Å². The van der Waals surface area contributed by atoms with Crippen molar-refractivity contribution in [1.82, 2.24) is 10.2 Å². The molecule has 26 heavy (non-hydrogen) atoms. The molecule has 0 aliphatic carbocycles. The average molecular weight is 359 g/mol. The number of hydrogen-bond acceptors (Lipinski definition) is 7. The van der Waals surface area contributed by atoms with E-state index in [1.165, 1.54) is 18.2 Å². The molecule has 10 nitrogen and oxygen atoms in total. The summed E-state index contributed by atoms with van der Waals surface area (Å²) < 4.78 is 4.35. The Hall–Kier alpha value is -3.56. The van der Waals surface area contributed by atoms with Gasteiger partial charge in [0.1, 0.15) is 6.04 Å². The Bertz CT molecular complexity index is 877. The van der Waals surface area contributed by atoms with Crippen molar-refractivity contribution in [2.75, 3.05) is 5.32 Å². The molecule has 2 N–H and O–H groups in total. The summed E-state index contributed by atoms with van der Waals surface area (Å²) in [6.45, 7) is 1.04. The van der Waals surface area contributed by atoms with E-state index in [0.717, 1.165) is 11.8 Å². The summed E-state index contributed by atoms with van der Waals surface area (Å²) in [5.41, 5.74) is -0.134. The number of imide groups is 2. The number of rotatable bonds is 2. The second-order valence-corrected chi connectivity index (χ2v) is 5.68. The molecule has 1 unspecified atom stereocenters.